The van der Waals surface area contributed by atoms with Crippen molar-refractivity contribution in [3.8, 4) is 0 Å². The highest BCUT2D eigenvalue weighted by molar-refractivity contribution is 5.67. The zero-order valence-corrected chi connectivity index (χ0v) is 15.7. The van der Waals surface area contributed by atoms with Crippen LogP contribution in [0.2, 0.25) is 0 Å². The minimum absolute atomic E-state index is 0.0548. The van der Waals surface area contributed by atoms with Gasteiger partial charge in [0, 0.05) is 6.54 Å². The van der Waals surface area contributed by atoms with E-state index in [9.17, 15) is 23.1 Å². The number of rotatable bonds is 3. The summed E-state index contributed by atoms with van der Waals surface area (Å²) in [5.41, 5.74) is 1.28. The molecule has 28 heavy (non-hydrogen) atoms. The number of aromatic nitrogens is 2. The van der Waals surface area contributed by atoms with Gasteiger partial charge in [0.2, 0.25) is 0 Å². The van der Waals surface area contributed by atoms with E-state index < -0.39 is 17.8 Å². The molecule has 0 aliphatic carbocycles. The number of aliphatic hydroxyl groups is 1. The number of aryl methyl sites for hydroxylation is 1. The lowest BCUT2D eigenvalue weighted by Crippen LogP contribution is -2.31. The van der Waals surface area contributed by atoms with E-state index in [0.717, 1.165) is 17.8 Å². The predicted octanol–water partition coefficient (Wildman–Crippen LogP) is 3.81. The standard InChI is InChI=1S/C19H22F3N3O3/c1-12-5-14(7-15(6-12)19(20,21)22)11-28-18(27)24-4-3-13(2)25-17(9-24)8-16(10-26)23-25/h5-8,13,26H,3-4,9-11H2,1-2H3. The highest BCUT2D eigenvalue weighted by Gasteiger charge is 2.31. The van der Waals surface area contributed by atoms with Crippen molar-refractivity contribution < 1.29 is 27.8 Å². The SMILES string of the molecule is Cc1cc(COC(=O)N2CCC(C)n3nc(CO)cc3C2)cc(C(F)(F)F)c1. The largest absolute Gasteiger partial charge is 0.445 e. The number of carbonyl (C=O) groups is 1. The van der Waals surface area contributed by atoms with Crippen LogP contribution in [0.5, 0.6) is 0 Å². The van der Waals surface area contributed by atoms with Gasteiger partial charge in [-0.3, -0.25) is 4.68 Å². The molecule has 1 aliphatic heterocycles. The number of hydrogen-bond acceptors (Lipinski definition) is 4. The fourth-order valence-electron chi connectivity index (χ4n) is 3.31. The van der Waals surface area contributed by atoms with Crippen LogP contribution < -0.4 is 0 Å². The molecule has 1 amide bonds. The molecule has 1 aliphatic rings. The predicted molar refractivity (Wildman–Crippen MR) is 94.3 cm³/mol. The molecule has 0 radical (unpaired) electrons. The second kappa shape index (κ2) is 7.83. The van der Waals surface area contributed by atoms with Gasteiger partial charge in [0.25, 0.3) is 0 Å². The number of alkyl halides is 3. The van der Waals surface area contributed by atoms with Crippen molar-refractivity contribution in [2.45, 2.75) is 52.2 Å². The van der Waals surface area contributed by atoms with Gasteiger partial charge in [-0.1, -0.05) is 11.6 Å². The molecule has 1 atom stereocenters. The molecule has 3 rings (SSSR count). The molecular formula is C19H22F3N3O3. The number of hydrogen-bond donors (Lipinski definition) is 1. The number of aliphatic hydroxyl groups excluding tert-OH is 1. The monoisotopic (exact) mass is 397 g/mol. The van der Waals surface area contributed by atoms with Crippen molar-refractivity contribution in [3.63, 3.8) is 0 Å². The lowest BCUT2D eigenvalue weighted by atomic mass is 10.1. The first kappa shape index (κ1) is 20.2. The van der Waals surface area contributed by atoms with Crippen LogP contribution >= 0.6 is 0 Å². The molecule has 0 fully saturated rings. The van der Waals surface area contributed by atoms with Crippen LogP contribution in [0.4, 0.5) is 18.0 Å². The van der Waals surface area contributed by atoms with Crippen LogP contribution in [0, 0.1) is 6.92 Å². The third-order valence-corrected chi connectivity index (χ3v) is 4.70. The Morgan fingerprint density at radius 3 is 2.75 bits per heavy atom. The van der Waals surface area contributed by atoms with Crippen LogP contribution in [0.3, 0.4) is 0 Å². The van der Waals surface area contributed by atoms with E-state index in [4.69, 9.17) is 4.74 Å². The molecule has 1 unspecified atom stereocenters. The van der Waals surface area contributed by atoms with Crippen molar-refractivity contribution >= 4 is 6.09 Å². The van der Waals surface area contributed by atoms with E-state index in [0.29, 0.717) is 24.2 Å². The first-order chi connectivity index (χ1) is 13.2. The van der Waals surface area contributed by atoms with Gasteiger partial charge >= 0.3 is 12.3 Å². The first-order valence-electron chi connectivity index (χ1n) is 8.95. The Labute approximate surface area is 160 Å². The third-order valence-electron chi connectivity index (χ3n) is 4.70. The summed E-state index contributed by atoms with van der Waals surface area (Å²) in [5, 5.41) is 13.6. The van der Waals surface area contributed by atoms with Crippen molar-refractivity contribution in [1.29, 1.82) is 0 Å². The molecule has 6 nitrogen and oxygen atoms in total. The van der Waals surface area contributed by atoms with Gasteiger partial charge in [-0.05, 0) is 44.0 Å². The van der Waals surface area contributed by atoms with Gasteiger partial charge in [0.15, 0.2) is 0 Å². The summed E-state index contributed by atoms with van der Waals surface area (Å²) in [6.07, 6.45) is -4.39. The Morgan fingerprint density at radius 1 is 1.32 bits per heavy atom. The van der Waals surface area contributed by atoms with Gasteiger partial charge in [-0.2, -0.15) is 18.3 Å². The average Bonchev–Trinajstić information content (AvgIpc) is 2.98. The van der Waals surface area contributed by atoms with Crippen molar-refractivity contribution in [2.24, 2.45) is 0 Å². The molecule has 1 N–H and O–H groups in total. The second-order valence-corrected chi connectivity index (χ2v) is 7.05. The van der Waals surface area contributed by atoms with Gasteiger partial charge in [0.05, 0.1) is 36.1 Å². The van der Waals surface area contributed by atoms with E-state index >= 15 is 0 Å². The van der Waals surface area contributed by atoms with Crippen molar-refractivity contribution in [3.05, 3.63) is 52.3 Å². The zero-order chi connectivity index (χ0) is 20.5. The van der Waals surface area contributed by atoms with E-state index in [1.54, 1.807) is 23.7 Å². The molecule has 2 aromatic rings. The van der Waals surface area contributed by atoms with Crippen LogP contribution in [0.25, 0.3) is 0 Å². The molecule has 1 aromatic heterocycles. The van der Waals surface area contributed by atoms with Gasteiger partial charge < -0.3 is 14.7 Å². The molecule has 1 aromatic carbocycles. The normalized spacial score (nSPS) is 17.2. The number of amides is 1. The molecule has 0 saturated heterocycles. The number of halogens is 3. The summed E-state index contributed by atoms with van der Waals surface area (Å²) in [5.74, 6) is 0. The maximum absolute atomic E-state index is 12.9. The van der Waals surface area contributed by atoms with Gasteiger partial charge in [-0.15, -0.1) is 0 Å². The molecule has 152 valence electrons. The second-order valence-electron chi connectivity index (χ2n) is 7.05. The lowest BCUT2D eigenvalue weighted by molar-refractivity contribution is -0.137. The fraction of sp³-hybridized carbons (Fsp3) is 0.474. The Hall–Kier alpha value is -2.55. The first-order valence-corrected chi connectivity index (χ1v) is 8.95. The van der Waals surface area contributed by atoms with Gasteiger partial charge in [0.1, 0.15) is 6.61 Å². The van der Waals surface area contributed by atoms with E-state index in [2.05, 4.69) is 5.10 Å². The molecular weight excluding hydrogens is 375 g/mol. The van der Waals surface area contributed by atoms with Crippen LogP contribution in [-0.4, -0.2) is 32.4 Å². The fourth-order valence-corrected chi connectivity index (χ4v) is 3.31. The molecule has 0 saturated carbocycles. The van der Waals surface area contributed by atoms with Crippen LogP contribution in [0.1, 0.15) is 47.5 Å². The quantitative estimate of drug-likeness (QED) is 0.855. The summed E-state index contributed by atoms with van der Waals surface area (Å²) >= 11 is 0. The number of fused-ring (bicyclic) bond motifs is 1. The Bertz CT molecular complexity index is 864. The maximum atomic E-state index is 12.9. The summed E-state index contributed by atoms with van der Waals surface area (Å²) in [6, 6.07) is 5.40. The number of carbonyl (C=O) groups excluding carboxylic acids is 1. The number of benzene rings is 1. The lowest BCUT2D eigenvalue weighted by Gasteiger charge is -2.20. The minimum atomic E-state index is -4.45. The van der Waals surface area contributed by atoms with Crippen LogP contribution in [0.15, 0.2) is 24.3 Å². The Morgan fingerprint density at radius 2 is 2.07 bits per heavy atom. The zero-order valence-electron chi connectivity index (χ0n) is 15.7. The van der Waals surface area contributed by atoms with E-state index in [1.165, 1.54) is 4.90 Å². The number of nitrogens with zero attached hydrogens (tertiary/aromatic N) is 3. The van der Waals surface area contributed by atoms with Crippen LogP contribution in [-0.2, 0) is 30.7 Å². The Kier molecular flexibility index (Phi) is 5.64. The van der Waals surface area contributed by atoms with Crippen molar-refractivity contribution in [1.82, 2.24) is 14.7 Å². The summed E-state index contributed by atoms with van der Waals surface area (Å²) in [4.78, 5) is 14.0. The summed E-state index contributed by atoms with van der Waals surface area (Å²) < 4.78 is 45.9. The highest BCUT2D eigenvalue weighted by atomic mass is 19.4. The third kappa shape index (κ3) is 4.46. The average molecular weight is 397 g/mol. The molecule has 9 heteroatoms. The highest BCUT2D eigenvalue weighted by Crippen LogP contribution is 2.31. The van der Waals surface area contributed by atoms with Crippen molar-refractivity contribution in [2.75, 3.05) is 6.54 Å². The summed E-state index contributed by atoms with van der Waals surface area (Å²) in [6.45, 7) is 3.81. The Balaban J connectivity index is 1.69. The molecule has 0 spiro atoms. The van der Waals surface area contributed by atoms with E-state index in [-0.39, 0.29) is 31.4 Å². The smallest absolute Gasteiger partial charge is 0.416 e. The maximum Gasteiger partial charge on any atom is 0.416 e. The van der Waals surface area contributed by atoms with Gasteiger partial charge in [-0.25, -0.2) is 4.79 Å². The molecule has 2 heterocycles. The van der Waals surface area contributed by atoms with E-state index in [1.807, 2.05) is 6.92 Å². The topological polar surface area (TPSA) is 67.6 Å². The minimum Gasteiger partial charge on any atom is -0.445 e. The number of ether oxygens (including phenoxy) is 1. The summed E-state index contributed by atoms with van der Waals surface area (Å²) in [7, 11) is 0. The molecule has 0 bridgehead atoms.